The van der Waals surface area contributed by atoms with Crippen LogP contribution in [0, 0.1) is 13.8 Å². The van der Waals surface area contributed by atoms with Crippen molar-refractivity contribution >= 4 is 22.8 Å². The first kappa shape index (κ1) is 16.9. The summed E-state index contributed by atoms with van der Waals surface area (Å²) in [5.41, 5.74) is 2.86. The fourth-order valence-electron chi connectivity index (χ4n) is 2.76. The average molecular weight is 339 g/mol. The summed E-state index contributed by atoms with van der Waals surface area (Å²) < 4.78 is 5.52. The van der Waals surface area contributed by atoms with E-state index in [1.54, 1.807) is 0 Å². The molecule has 1 aromatic carbocycles. The smallest absolute Gasteiger partial charge is 0.277 e. The number of hydrogen-bond acceptors (Lipinski definition) is 6. The van der Waals surface area contributed by atoms with Gasteiger partial charge in [0.2, 0.25) is 11.9 Å². The van der Waals surface area contributed by atoms with Crippen LogP contribution in [0.15, 0.2) is 23.0 Å². The molecule has 7 nitrogen and oxygen atoms in total. The van der Waals surface area contributed by atoms with Crippen molar-refractivity contribution in [2.45, 2.75) is 34.1 Å². The molecule has 2 aromatic heterocycles. The Morgan fingerprint density at radius 1 is 1.16 bits per heavy atom. The zero-order valence-corrected chi connectivity index (χ0v) is 14.8. The third kappa shape index (κ3) is 3.45. The Labute approximate surface area is 145 Å². The molecule has 0 aliphatic carbocycles. The Bertz CT molecular complexity index is 981. The summed E-state index contributed by atoms with van der Waals surface area (Å²) in [6.07, 6.45) is 0.641. The molecule has 0 unspecified atom stereocenters. The number of ether oxygens (including phenoxy) is 1. The Morgan fingerprint density at radius 3 is 2.64 bits per heavy atom. The first-order valence-electron chi connectivity index (χ1n) is 8.29. The van der Waals surface area contributed by atoms with Crippen LogP contribution in [0.5, 0.6) is 5.75 Å². The lowest BCUT2D eigenvalue weighted by Gasteiger charge is -2.10. The molecule has 0 atom stereocenters. The molecule has 0 saturated carbocycles. The maximum atomic E-state index is 12.0. The Morgan fingerprint density at radius 2 is 1.96 bits per heavy atom. The highest BCUT2D eigenvalue weighted by atomic mass is 16.5. The van der Waals surface area contributed by atoms with Gasteiger partial charge >= 0.3 is 0 Å². The molecule has 7 heteroatoms. The minimum Gasteiger partial charge on any atom is -0.494 e. The number of anilines is 2. The zero-order chi connectivity index (χ0) is 18.0. The standard InChI is InChI=1S/C18H21N5O2/c1-5-13-10(3)19-18(22-16(13)24)23-17-20-11(4)14-9-12(25-6-2)7-8-15(14)21-17/h7-9H,5-6H2,1-4H3,(H2,19,20,21,22,23,24). The van der Waals surface area contributed by atoms with Crippen molar-refractivity contribution in [3.05, 3.63) is 45.5 Å². The van der Waals surface area contributed by atoms with Crippen LogP contribution in [0.1, 0.15) is 30.8 Å². The molecule has 0 aliphatic rings. The van der Waals surface area contributed by atoms with E-state index in [-0.39, 0.29) is 5.56 Å². The van der Waals surface area contributed by atoms with Gasteiger partial charge in [0.1, 0.15) is 5.75 Å². The van der Waals surface area contributed by atoms with E-state index in [2.05, 4.69) is 25.3 Å². The van der Waals surface area contributed by atoms with Gasteiger partial charge in [-0.25, -0.2) is 9.97 Å². The van der Waals surface area contributed by atoms with Crippen LogP contribution in [0.25, 0.3) is 10.9 Å². The van der Waals surface area contributed by atoms with Gasteiger partial charge in [-0.05, 0) is 45.4 Å². The van der Waals surface area contributed by atoms with Gasteiger partial charge in [0.15, 0.2) is 0 Å². The van der Waals surface area contributed by atoms with E-state index in [1.165, 1.54) is 0 Å². The number of nitrogens with one attached hydrogen (secondary N) is 2. The van der Waals surface area contributed by atoms with Gasteiger partial charge in [0.25, 0.3) is 5.56 Å². The molecule has 0 fully saturated rings. The number of rotatable bonds is 5. The number of H-pyrrole nitrogens is 1. The summed E-state index contributed by atoms with van der Waals surface area (Å²) in [4.78, 5) is 28.1. The number of aromatic amines is 1. The Hall–Kier alpha value is -2.96. The lowest BCUT2D eigenvalue weighted by molar-refractivity contribution is 0.340. The molecule has 0 radical (unpaired) electrons. The molecule has 2 heterocycles. The molecular weight excluding hydrogens is 318 g/mol. The number of hydrogen-bond donors (Lipinski definition) is 2. The predicted molar refractivity (Wildman–Crippen MR) is 97.7 cm³/mol. The van der Waals surface area contributed by atoms with E-state index in [0.717, 1.165) is 28.0 Å². The summed E-state index contributed by atoms with van der Waals surface area (Å²) in [5.74, 6) is 1.52. The molecule has 0 saturated heterocycles. The third-order valence-electron chi connectivity index (χ3n) is 3.98. The van der Waals surface area contributed by atoms with Crippen molar-refractivity contribution in [2.24, 2.45) is 0 Å². The summed E-state index contributed by atoms with van der Waals surface area (Å²) >= 11 is 0. The van der Waals surface area contributed by atoms with Crippen molar-refractivity contribution < 1.29 is 4.74 Å². The van der Waals surface area contributed by atoms with E-state index < -0.39 is 0 Å². The number of aromatic nitrogens is 4. The number of benzene rings is 1. The maximum absolute atomic E-state index is 12.0. The first-order chi connectivity index (χ1) is 12.0. The van der Waals surface area contributed by atoms with E-state index in [4.69, 9.17) is 4.74 Å². The van der Waals surface area contributed by atoms with E-state index in [9.17, 15) is 4.79 Å². The highest BCUT2D eigenvalue weighted by Crippen LogP contribution is 2.23. The largest absolute Gasteiger partial charge is 0.494 e. The second-order valence-electron chi connectivity index (χ2n) is 5.72. The van der Waals surface area contributed by atoms with Crippen LogP contribution in [-0.4, -0.2) is 26.5 Å². The van der Waals surface area contributed by atoms with Crippen LogP contribution in [0.4, 0.5) is 11.9 Å². The quantitative estimate of drug-likeness (QED) is 0.742. The minimum atomic E-state index is -0.236. The Balaban J connectivity index is 1.97. The van der Waals surface area contributed by atoms with Crippen LogP contribution in [0.3, 0.4) is 0 Å². The Kier molecular flexibility index (Phi) is 4.65. The van der Waals surface area contributed by atoms with Gasteiger partial charge in [0, 0.05) is 16.6 Å². The molecular formula is C18H21N5O2. The third-order valence-corrected chi connectivity index (χ3v) is 3.98. The summed E-state index contributed by atoms with van der Waals surface area (Å²) in [5, 5.41) is 3.92. The topological polar surface area (TPSA) is 92.8 Å². The molecule has 3 aromatic rings. The molecule has 3 rings (SSSR count). The zero-order valence-electron chi connectivity index (χ0n) is 14.8. The maximum Gasteiger partial charge on any atom is 0.277 e. The van der Waals surface area contributed by atoms with Gasteiger partial charge in [-0.1, -0.05) is 6.92 Å². The summed E-state index contributed by atoms with van der Waals surface area (Å²) in [6, 6.07) is 5.70. The highest BCUT2D eigenvalue weighted by molar-refractivity contribution is 5.83. The van der Waals surface area contributed by atoms with Crippen molar-refractivity contribution in [1.29, 1.82) is 0 Å². The molecule has 0 amide bonds. The predicted octanol–water partition coefficient (Wildman–Crippen LogP) is 3.03. The van der Waals surface area contributed by atoms with Crippen LogP contribution in [-0.2, 0) is 6.42 Å². The molecule has 2 N–H and O–H groups in total. The molecule has 130 valence electrons. The highest BCUT2D eigenvalue weighted by Gasteiger charge is 2.10. The summed E-state index contributed by atoms with van der Waals surface area (Å²) in [7, 11) is 0. The lowest BCUT2D eigenvalue weighted by atomic mass is 10.2. The normalized spacial score (nSPS) is 10.9. The number of fused-ring (bicyclic) bond motifs is 1. The fourth-order valence-corrected chi connectivity index (χ4v) is 2.76. The van der Waals surface area contributed by atoms with Gasteiger partial charge < -0.3 is 9.72 Å². The van der Waals surface area contributed by atoms with Gasteiger partial charge in [0.05, 0.1) is 17.8 Å². The van der Waals surface area contributed by atoms with Gasteiger partial charge in [-0.3, -0.25) is 10.1 Å². The van der Waals surface area contributed by atoms with E-state index >= 15 is 0 Å². The average Bonchev–Trinajstić information content (AvgIpc) is 2.55. The SMILES string of the molecule is CCOc1ccc2nc(Nc3nc(=O)c(CC)c(C)[nH]3)nc(C)c2c1. The molecule has 25 heavy (non-hydrogen) atoms. The van der Waals surface area contributed by atoms with Crippen molar-refractivity contribution in [3.63, 3.8) is 0 Å². The van der Waals surface area contributed by atoms with Crippen LogP contribution in [0.2, 0.25) is 0 Å². The fraction of sp³-hybridized carbons (Fsp3) is 0.333. The second kappa shape index (κ2) is 6.88. The van der Waals surface area contributed by atoms with Gasteiger partial charge in [-0.15, -0.1) is 0 Å². The number of nitrogens with zero attached hydrogens (tertiary/aromatic N) is 3. The lowest BCUT2D eigenvalue weighted by Crippen LogP contribution is -2.18. The monoisotopic (exact) mass is 339 g/mol. The van der Waals surface area contributed by atoms with Gasteiger partial charge in [-0.2, -0.15) is 4.98 Å². The molecule has 0 bridgehead atoms. The molecule has 0 aliphatic heterocycles. The van der Waals surface area contributed by atoms with Crippen molar-refractivity contribution in [3.8, 4) is 5.75 Å². The van der Waals surface area contributed by atoms with Crippen LogP contribution >= 0.6 is 0 Å². The summed E-state index contributed by atoms with van der Waals surface area (Å²) in [6.45, 7) is 8.25. The van der Waals surface area contributed by atoms with E-state index in [1.807, 2.05) is 45.9 Å². The van der Waals surface area contributed by atoms with Crippen molar-refractivity contribution in [1.82, 2.24) is 19.9 Å². The minimum absolute atomic E-state index is 0.236. The first-order valence-corrected chi connectivity index (χ1v) is 8.29. The van der Waals surface area contributed by atoms with E-state index in [0.29, 0.717) is 30.5 Å². The van der Waals surface area contributed by atoms with Crippen LogP contribution < -0.4 is 15.6 Å². The van der Waals surface area contributed by atoms with Crippen molar-refractivity contribution in [2.75, 3.05) is 11.9 Å². The number of aryl methyl sites for hydroxylation is 2. The second-order valence-corrected chi connectivity index (χ2v) is 5.72. The molecule has 0 spiro atoms.